The van der Waals surface area contributed by atoms with E-state index < -0.39 is 13.6 Å². The zero-order chi connectivity index (χ0) is 15.0. The Kier molecular flexibility index (Phi) is 6.65. The van der Waals surface area contributed by atoms with Crippen molar-refractivity contribution in [2.45, 2.75) is 13.8 Å². The van der Waals surface area contributed by atoms with Gasteiger partial charge in [-0.15, -0.1) is 0 Å². The van der Waals surface area contributed by atoms with Crippen LogP contribution >= 0.6 is 7.60 Å². The fourth-order valence-corrected chi connectivity index (χ4v) is 3.49. The third-order valence-corrected chi connectivity index (χ3v) is 4.49. The van der Waals surface area contributed by atoms with Crippen LogP contribution in [0.4, 0.5) is 0 Å². The van der Waals surface area contributed by atoms with E-state index >= 15 is 0 Å². The van der Waals surface area contributed by atoms with Gasteiger partial charge in [0.25, 0.3) is 0 Å². The highest BCUT2D eigenvalue weighted by molar-refractivity contribution is 7.54. The van der Waals surface area contributed by atoms with Gasteiger partial charge in [0.2, 0.25) is 0 Å². The standard InChI is InChI=1S/C14H19O5P/c1-3-18-20(17,19-4-2)11-13(10-14(15)16)12-8-6-5-7-9-12/h5-10H,3-4,11H2,1-2H3,(H,15,16)/b13-10-. The molecule has 1 rings (SSSR count). The lowest BCUT2D eigenvalue weighted by molar-refractivity contribution is -0.131. The van der Waals surface area contributed by atoms with Crippen LogP contribution in [0, 0.1) is 0 Å². The summed E-state index contributed by atoms with van der Waals surface area (Å²) in [4.78, 5) is 10.9. The molecule has 0 spiro atoms. The molecule has 0 saturated carbocycles. The third kappa shape index (κ3) is 5.29. The first kappa shape index (κ1) is 16.6. The van der Waals surface area contributed by atoms with Gasteiger partial charge >= 0.3 is 13.6 Å². The lowest BCUT2D eigenvalue weighted by Crippen LogP contribution is -2.04. The molecule has 0 bridgehead atoms. The molecule has 20 heavy (non-hydrogen) atoms. The molecule has 0 aliphatic rings. The average molecular weight is 298 g/mol. The first-order chi connectivity index (χ1) is 9.50. The monoisotopic (exact) mass is 298 g/mol. The minimum atomic E-state index is -3.33. The topological polar surface area (TPSA) is 72.8 Å². The normalized spacial score (nSPS) is 12.4. The van der Waals surface area contributed by atoms with Crippen molar-refractivity contribution in [3.8, 4) is 0 Å². The summed E-state index contributed by atoms with van der Waals surface area (Å²) in [5.74, 6) is -1.09. The first-order valence-corrected chi connectivity index (χ1v) is 8.10. The largest absolute Gasteiger partial charge is 0.478 e. The number of aliphatic carboxylic acids is 1. The van der Waals surface area contributed by atoms with Crippen molar-refractivity contribution in [1.29, 1.82) is 0 Å². The van der Waals surface area contributed by atoms with E-state index in [1.54, 1.807) is 38.1 Å². The number of rotatable bonds is 8. The van der Waals surface area contributed by atoms with Crippen molar-refractivity contribution >= 4 is 19.1 Å². The number of carboxylic acid groups (broad SMARTS) is 1. The quantitative estimate of drug-likeness (QED) is 0.588. The second-order valence-corrected chi connectivity index (χ2v) is 6.03. The lowest BCUT2D eigenvalue weighted by atomic mass is 10.1. The van der Waals surface area contributed by atoms with E-state index in [-0.39, 0.29) is 19.4 Å². The molecule has 1 aromatic carbocycles. The van der Waals surface area contributed by atoms with Crippen molar-refractivity contribution in [2.75, 3.05) is 19.4 Å². The maximum absolute atomic E-state index is 12.5. The van der Waals surface area contributed by atoms with E-state index in [0.717, 1.165) is 6.08 Å². The Labute approximate surface area is 118 Å². The molecule has 0 saturated heterocycles. The zero-order valence-corrected chi connectivity index (χ0v) is 12.5. The summed E-state index contributed by atoms with van der Waals surface area (Å²) in [5, 5.41) is 8.95. The van der Waals surface area contributed by atoms with Crippen LogP contribution < -0.4 is 0 Å². The van der Waals surface area contributed by atoms with E-state index in [1.165, 1.54) is 0 Å². The van der Waals surface area contributed by atoms with Crippen LogP contribution in [-0.2, 0) is 18.4 Å². The van der Waals surface area contributed by atoms with Crippen molar-refractivity contribution in [3.05, 3.63) is 42.0 Å². The Morgan fingerprint density at radius 1 is 1.20 bits per heavy atom. The van der Waals surface area contributed by atoms with Crippen molar-refractivity contribution in [2.24, 2.45) is 0 Å². The Morgan fingerprint density at radius 3 is 2.20 bits per heavy atom. The molecule has 0 heterocycles. The maximum Gasteiger partial charge on any atom is 0.335 e. The Bertz CT molecular complexity index is 500. The van der Waals surface area contributed by atoms with Gasteiger partial charge in [0, 0.05) is 6.08 Å². The summed E-state index contributed by atoms with van der Waals surface area (Å²) >= 11 is 0. The molecule has 6 heteroatoms. The van der Waals surface area contributed by atoms with E-state index in [2.05, 4.69) is 0 Å². The predicted molar refractivity (Wildman–Crippen MR) is 77.8 cm³/mol. The number of allylic oxidation sites excluding steroid dienone is 1. The van der Waals surface area contributed by atoms with E-state index in [1.807, 2.05) is 6.07 Å². The second kappa shape index (κ2) is 8.00. The summed E-state index contributed by atoms with van der Waals surface area (Å²) in [5.41, 5.74) is 1.11. The molecule has 5 nitrogen and oxygen atoms in total. The van der Waals surface area contributed by atoms with Crippen LogP contribution in [0.2, 0.25) is 0 Å². The molecule has 110 valence electrons. The molecular formula is C14H19O5P. The Hall–Kier alpha value is -1.42. The molecular weight excluding hydrogens is 279 g/mol. The molecule has 0 atom stereocenters. The third-order valence-electron chi connectivity index (χ3n) is 2.46. The molecule has 0 aliphatic heterocycles. The van der Waals surface area contributed by atoms with Gasteiger partial charge in [0.05, 0.1) is 19.4 Å². The number of hydrogen-bond acceptors (Lipinski definition) is 4. The van der Waals surface area contributed by atoms with Gasteiger partial charge < -0.3 is 14.2 Å². The van der Waals surface area contributed by atoms with Crippen LogP contribution in [0.5, 0.6) is 0 Å². The fraction of sp³-hybridized carbons (Fsp3) is 0.357. The second-order valence-electron chi connectivity index (χ2n) is 3.98. The van der Waals surface area contributed by atoms with Crippen LogP contribution in [0.1, 0.15) is 19.4 Å². The smallest absolute Gasteiger partial charge is 0.335 e. The van der Waals surface area contributed by atoms with Crippen LogP contribution in [0.15, 0.2) is 36.4 Å². The minimum Gasteiger partial charge on any atom is -0.478 e. The van der Waals surface area contributed by atoms with E-state index in [0.29, 0.717) is 11.1 Å². The summed E-state index contributed by atoms with van der Waals surface area (Å²) in [6.45, 7) is 3.92. The van der Waals surface area contributed by atoms with Gasteiger partial charge in [-0.2, -0.15) is 0 Å². The zero-order valence-electron chi connectivity index (χ0n) is 11.6. The Balaban J connectivity index is 3.07. The maximum atomic E-state index is 12.5. The van der Waals surface area contributed by atoms with Crippen molar-refractivity contribution < 1.29 is 23.5 Å². The summed E-state index contributed by atoms with van der Waals surface area (Å²) in [6, 6.07) is 8.93. The summed E-state index contributed by atoms with van der Waals surface area (Å²) in [7, 11) is -3.33. The molecule has 0 unspecified atom stereocenters. The molecule has 0 amide bonds. The van der Waals surface area contributed by atoms with Gasteiger partial charge in [0.1, 0.15) is 0 Å². The molecule has 1 aromatic rings. The number of hydrogen-bond donors (Lipinski definition) is 1. The van der Waals surface area contributed by atoms with Gasteiger partial charge in [-0.3, -0.25) is 4.57 Å². The highest BCUT2D eigenvalue weighted by atomic mass is 31.2. The predicted octanol–water partition coefficient (Wildman–Crippen LogP) is 3.42. The van der Waals surface area contributed by atoms with E-state index in [4.69, 9.17) is 14.2 Å². The lowest BCUT2D eigenvalue weighted by Gasteiger charge is -2.18. The number of carbonyl (C=O) groups is 1. The minimum absolute atomic E-state index is 0.0645. The van der Waals surface area contributed by atoms with Crippen LogP contribution in [-0.4, -0.2) is 30.5 Å². The van der Waals surface area contributed by atoms with Gasteiger partial charge in [-0.05, 0) is 25.0 Å². The van der Waals surface area contributed by atoms with Gasteiger partial charge in [-0.1, -0.05) is 30.3 Å². The van der Waals surface area contributed by atoms with Crippen LogP contribution in [0.3, 0.4) is 0 Å². The summed E-state index contributed by atoms with van der Waals surface area (Å²) < 4.78 is 22.9. The number of benzene rings is 1. The Morgan fingerprint density at radius 2 is 1.75 bits per heavy atom. The van der Waals surface area contributed by atoms with Crippen LogP contribution in [0.25, 0.3) is 5.57 Å². The molecule has 0 fully saturated rings. The highest BCUT2D eigenvalue weighted by Gasteiger charge is 2.26. The fourth-order valence-electron chi connectivity index (χ4n) is 1.75. The van der Waals surface area contributed by atoms with Crippen molar-refractivity contribution in [1.82, 2.24) is 0 Å². The SMILES string of the molecule is CCOP(=O)(C/C(=C/C(=O)O)c1ccccc1)OCC. The van der Waals surface area contributed by atoms with Crippen molar-refractivity contribution in [3.63, 3.8) is 0 Å². The first-order valence-electron chi connectivity index (χ1n) is 6.37. The molecule has 1 N–H and O–H groups in total. The van der Waals surface area contributed by atoms with Gasteiger partial charge in [0.15, 0.2) is 0 Å². The van der Waals surface area contributed by atoms with E-state index in [9.17, 15) is 9.36 Å². The molecule has 0 aromatic heterocycles. The number of carboxylic acids is 1. The molecule has 0 radical (unpaired) electrons. The van der Waals surface area contributed by atoms with Gasteiger partial charge in [-0.25, -0.2) is 4.79 Å². The molecule has 0 aliphatic carbocycles. The average Bonchev–Trinajstić information content (AvgIpc) is 2.39. The summed E-state index contributed by atoms with van der Waals surface area (Å²) in [6.07, 6.45) is 0.977. The highest BCUT2D eigenvalue weighted by Crippen LogP contribution is 2.50.